The Bertz CT molecular complexity index is 884. The Labute approximate surface area is 147 Å². The van der Waals surface area contributed by atoms with E-state index in [0.29, 0.717) is 12.5 Å². The molecule has 0 saturated carbocycles. The number of pyridine rings is 1. The smallest absolute Gasteiger partial charge is 0.251 e. The van der Waals surface area contributed by atoms with Crippen molar-refractivity contribution in [3.8, 4) is 0 Å². The second-order valence-corrected chi connectivity index (χ2v) is 6.54. The molecule has 0 fully saturated rings. The normalized spacial score (nSPS) is 12.6. The summed E-state index contributed by atoms with van der Waals surface area (Å²) in [5, 5.41) is 3.98. The van der Waals surface area contributed by atoms with Gasteiger partial charge in [-0.05, 0) is 35.2 Å². The van der Waals surface area contributed by atoms with Crippen LogP contribution in [0.2, 0.25) is 0 Å². The Morgan fingerprint density at radius 3 is 2.58 bits per heavy atom. The van der Waals surface area contributed by atoms with Gasteiger partial charge in [-0.15, -0.1) is 12.6 Å². The minimum Gasteiger partial charge on any atom is -0.348 e. The Hall–Kier alpha value is -2.33. The van der Waals surface area contributed by atoms with Crippen molar-refractivity contribution in [2.75, 3.05) is 0 Å². The summed E-state index contributed by atoms with van der Waals surface area (Å²) in [6.45, 7) is 5.00. The molecule has 0 radical (unpaired) electrons. The summed E-state index contributed by atoms with van der Waals surface area (Å²) in [5.41, 5.74) is 4.29. The molecule has 2 heterocycles. The number of amides is 1. The molecule has 0 atom stereocenters. The van der Waals surface area contributed by atoms with Crippen LogP contribution in [0.5, 0.6) is 0 Å². The van der Waals surface area contributed by atoms with Crippen LogP contribution in [-0.4, -0.2) is 10.9 Å². The van der Waals surface area contributed by atoms with Crippen LogP contribution in [0.3, 0.4) is 0 Å². The monoisotopic (exact) mass is 336 g/mol. The third-order valence-corrected chi connectivity index (χ3v) is 4.48. The van der Waals surface area contributed by atoms with Crippen molar-refractivity contribution < 1.29 is 4.79 Å². The molecular formula is C20H20N2OS. The minimum atomic E-state index is 0.0671. The number of rotatable bonds is 1. The number of nitrogens with zero attached hydrogens (tertiary/aromatic N) is 1. The topological polar surface area (TPSA) is 42.0 Å². The number of fused-ring (bicyclic) bond motifs is 2. The summed E-state index contributed by atoms with van der Waals surface area (Å²) in [5.74, 6) is 0.556. The zero-order valence-corrected chi connectivity index (χ0v) is 14.7. The first-order valence-electron chi connectivity index (χ1n) is 8.00. The van der Waals surface area contributed by atoms with Gasteiger partial charge in [-0.25, -0.2) is 0 Å². The number of aromatic nitrogens is 1. The molecule has 0 aliphatic carbocycles. The number of carbonyl (C=O) groups excluding carboxylic acids is 1. The maximum atomic E-state index is 11.3. The van der Waals surface area contributed by atoms with Crippen LogP contribution < -0.4 is 5.32 Å². The zero-order chi connectivity index (χ0) is 17.1. The van der Waals surface area contributed by atoms with E-state index in [2.05, 4.69) is 42.8 Å². The van der Waals surface area contributed by atoms with Crippen molar-refractivity contribution in [3.05, 3.63) is 71.4 Å². The van der Waals surface area contributed by atoms with Crippen LogP contribution in [0.15, 0.2) is 59.6 Å². The number of thiol groups is 1. The molecule has 1 aliphatic heterocycles. The predicted octanol–water partition coefficient (Wildman–Crippen LogP) is 4.58. The van der Waals surface area contributed by atoms with E-state index in [-0.39, 0.29) is 5.91 Å². The molecule has 0 saturated heterocycles. The van der Waals surface area contributed by atoms with Crippen molar-refractivity contribution >= 4 is 29.4 Å². The summed E-state index contributed by atoms with van der Waals surface area (Å²) in [4.78, 5) is 16.5. The van der Waals surface area contributed by atoms with E-state index < -0.39 is 0 Å². The summed E-state index contributed by atoms with van der Waals surface area (Å²) in [7, 11) is 0. The lowest BCUT2D eigenvalue weighted by molar-refractivity contribution is 0.0966. The van der Waals surface area contributed by atoms with Crippen molar-refractivity contribution in [1.82, 2.24) is 10.3 Å². The fourth-order valence-corrected chi connectivity index (χ4v) is 3.18. The first-order valence-corrected chi connectivity index (χ1v) is 8.45. The van der Waals surface area contributed by atoms with Crippen LogP contribution in [0.1, 0.15) is 41.3 Å². The van der Waals surface area contributed by atoms with Crippen molar-refractivity contribution in [2.45, 2.75) is 31.2 Å². The van der Waals surface area contributed by atoms with Gasteiger partial charge < -0.3 is 5.32 Å². The van der Waals surface area contributed by atoms with E-state index in [0.717, 1.165) is 21.4 Å². The lowest BCUT2D eigenvalue weighted by atomic mass is 9.95. The van der Waals surface area contributed by atoms with E-state index in [1.54, 1.807) is 6.20 Å². The second kappa shape index (κ2) is 7.05. The van der Waals surface area contributed by atoms with Gasteiger partial charge in [0.25, 0.3) is 5.91 Å². The van der Waals surface area contributed by atoms with Gasteiger partial charge in [-0.1, -0.05) is 44.2 Å². The average Bonchev–Trinajstić information content (AvgIpc) is 2.97. The fourth-order valence-electron chi connectivity index (χ4n) is 2.91. The van der Waals surface area contributed by atoms with Gasteiger partial charge in [0.15, 0.2) is 0 Å². The molecule has 1 N–H and O–H groups in total. The van der Waals surface area contributed by atoms with Gasteiger partial charge in [0, 0.05) is 28.6 Å². The second-order valence-electron chi connectivity index (χ2n) is 6.06. The summed E-state index contributed by atoms with van der Waals surface area (Å²) < 4.78 is 0. The molecule has 2 aromatic carbocycles. The summed E-state index contributed by atoms with van der Waals surface area (Å²) in [6.07, 6.45) is 1.78. The van der Waals surface area contributed by atoms with Gasteiger partial charge >= 0.3 is 0 Å². The van der Waals surface area contributed by atoms with Crippen LogP contribution in [-0.2, 0) is 6.54 Å². The van der Waals surface area contributed by atoms with Gasteiger partial charge in [0.05, 0.1) is 5.52 Å². The Morgan fingerprint density at radius 2 is 1.83 bits per heavy atom. The van der Waals surface area contributed by atoms with Gasteiger partial charge in [-0.2, -0.15) is 0 Å². The molecule has 3 aromatic rings. The third-order valence-electron chi connectivity index (χ3n) is 4.12. The van der Waals surface area contributed by atoms with Crippen LogP contribution in [0.25, 0.3) is 10.9 Å². The number of hydrogen-bond acceptors (Lipinski definition) is 3. The number of benzene rings is 2. The zero-order valence-electron chi connectivity index (χ0n) is 13.8. The summed E-state index contributed by atoms with van der Waals surface area (Å²) in [6, 6.07) is 15.9. The van der Waals surface area contributed by atoms with E-state index in [1.165, 1.54) is 11.1 Å². The van der Waals surface area contributed by atoms with E-state index in [1.807, 2.05) is 42.5 Å². The highest BCUT2D eigenvalue weighted by molar-refractivity contribution is 7.80. The molecule has 1 aromatic heterocycles. The Kier molecular flexibility index (Phi) is 4.86. The highest BCUT2D eigenvalue weighted by atomic mass is 32.1. The number of hydrogen-bond donors (Lipinski definition) is 2. The molecule has 0 bridgehead atoms. The van der Waals surface area contributed by atoms with Gasteiger partial charge in [-0.3, -0.25) is 9.78 Å². The quantitative estimate of drug-likeness (QED) is 0.639. The molecule has 0 spiro atoms. The average molecular weight is 336 g/mol. The number of para-hydroxylation sites is 1. The maximum Gasteiger partial charge on any atom is 0.251 e. The van der Waals surface area contributed by atoms with E-state index in [9.17, 15) is 4.79 Å². The molecular weight excluding hydrogens is 316 g/mol. The predicted molar refractivity (Wildman–Crippen MR) is 101 cm³/mol. The number of carbonyl (C=O) groups is 1. The lowest BCUT2D eigenvalue weighted by Crippen LogP contribution is -2.12. The third kappa shape index (κ3) is 3.29. The molecule has 3 nitrogen and oxygen atoms in total. The highest BCUT2D eigenvalue weighted by Crippen LogP contribution is 2.25. The lowest BCUT2D eigenvalue weighted by Gasteiger charge is -2.09. The molecule has 24 heavy (non-hydrogen) atoms. The van der Waals surface area contributed by atoms with Crippen LogP contribution in [0.4, 0.5) is 0 Å². The van der Waals surface area contributed by atoms with Gasteiger partial charge in [0.2, 0.25) is 0 Å². The van der Waals surface area contributed by atoms with Crippen molar-refractivity contribution in [3.63, 3.8) is 0 Å². The van der Waals surface area contributed by atoms with Crippen LogP contribution >= 0.6 is 12.6 Å². The van der Waals surface area contributed by atoms with Gasteiger partial charge in [0.1, 0.15) is 0 Å². The van der Waals surface area contributed by atoms with E-state index in [4.69, 9.17) is 0 Å². The summed E-state index contributed by atoms with van der Waals surface area (Å²) >= 11 is 4.29. The fraction of sp³-hybridized carbons (Fsp3) is 0.200. The Balaban J connectivity index is 0.000000143. The van der Waals surface area contributed by atoms with Crippen molar-refractivity contribution in [2.24, 2.45) is 0 Å². The molecule has 0 unspecified atom stereocenters. The first-order chi connectivity index (χ1) is 11.6. The Morgan fingerprint density at radius 1 is 1.08 bits per heavy atom. The minimum absolute atomic E-state index is 0.0671. The standard InChI is InChI=1S/C11H13NO.C9H7NS/c1-7(2)8-4-3-5-9-10(8)6-12-11(9)13;11-8-5-1-3-7-4-2-6-10-9(7)8/h3-5,7H,6H2,1-2H3,(H,12,13);1-6,11H. The maximum absolute atomic E-state index is 11.3. The SMILES string of the molecule is CC(C)c1cccc2c1CNC2=O.Sc1cccc2cccnc12. The first kappa shape index (κ1) is 16.5. The van der Waals surface area contributed by atoms with Crippen LogP contribution in [0, 0.1) is 0 Å². The molecule has 4 heteroatoms. The van der Waals surface area contributed by atoms with E-state index >= 15 is 0 Å². The molecule has 122 valence electrons. The number of nitrogens with one attached hydrogen (secondary N) is 1. The molecule has 4 rings (SSSR count). The van der Waals surface area contributed by atoms with Crippen molar-refractivity contribution in [1.29, 1.82) is 0 Å². The molecule has 1 aliphatic rings. The highest BCUT2D eigenvalue weighted by Gasteiger charge is 2.21. The molecule has 1 amide bonds. The largest absolute Gasteiger partial charge is 0.348 e.